The van der Waals surface area contributed by atoms with Gasteiger partial charge >= 0.3 is 0 Å². The quantitative estimate of drug-likeness (QED) is 0.563. The second-order valence-electron chi connectivity index (χ2n) is 9.49. The fourth-order valence-corrected chi connectivity index (χ4v) is 4.94. The van der Waals surface area contributed by atoms with Gasteiger partial charge in [0, 0.05) is 43.0 Å². The minimum atomic E-state index is -0.539. The van der Waals surface area contributed by atoms with E-state index in [0.717, 1.165) is 25.0 Å². The minimum Gasteiger partial charge on any atom is -0.487 e. The van der Waals surface area contributed by atoms with Gasteiger partial charge in [-0.3, -0.25) is 9.48 Å². The summed E-state index contributed by atoms with van der Waals surface area (Å²) in [5.41, 5.74) is 1.61. The molecule has 2 aliphatic rings. The Balaban J connectivity index is 1.57. The lowest BCUT2D eigenvalue weighted by Crippen LogP contribution is -2.26. The van der Waals surface area contributed by atoms with Crippen molar-refractivity contribution in [2.75, 3.05) is 6.61 Å². The fourth-order valence-electron chi connectivity index (χ4n) is 4.94. The van der Waals surface area contributed by atoms with E-state index in [1.165, 1.54) is 0 Å². The molecule has 164 valence electrons. The molecule has 2 atom stereocenters. The summed E-state index contributed by atoms with van der Waals surface area (Å²) >= 11 is 0. The molecule has 1 aliphatic heterocycles. The maximum absolute atomic E-state index is 15.6. The molecule has 0 N–H and O–H groups in total. The van der Waals surface area contributed by atoms with Gasteiger partial charge in [0.25, 0.3) is 0 Å². The molecule has 2 fully saturated rings. The van der Waals surface area contributed by atoms with Crippen LogP contribution in [0.1, 0.15) is 61.8 Å². The number of nitrogens with zero attached hydrogens (tertiary/aromatic N) is 4. The molecule has 1 saturated heterocycles. The lowest BCUT2D eigenvalue weighted by Gasteiger charge is -2.24. The average molecular weight is 426 g/mol. The van der Waals surface area contributed by atoms with Crippen LogP contribution in [0.25, 0.3) is 5.65 Å². The SMILES string of the molecule is CC(C)Oc1c(CC(=O)c2ccn(C)n2)cn2cc(C34CCC(C)(C3)OC4)nc2c1F. The average Bonchev–Trinajstić information content (AvgIpc) is 3.46. The van der Waals surface area contributed by atoms with E-state index in [2.05, 4.69) is 17.0 Å². The van der Waals surface area contributed by atoms with Crippen molar-refractivity contribution in [1.82, 2.24) is 19.2 Å². The number of carbonyl (C=O) groups is 1. The van der Waals surface area contributed by atoms with Crippen LogP contribution >= 0.6 is 0 Å². The molecule has 0 spiro atoms. The van der Waals surface area contributed by atoms with Gasteiger partial charge in [0.05, 0.1) is 24.0 Å². The van der Waals surface area contributed by atoms with Crippen molar-refractivity contribution in [3.05, 3.63) is 47.4 Å². The number of Topliss-reactive ketones (excluding diaryl/α,β-unsaturated/α-hetero) is 1. The molecule has 2 unspecified atom stereocenters. The highest BCUT2D eigenvalue weighted by molar-refractivity contribution is 5.96. The van der Waals surface area contributed by atoms with E-state index in [1.807, 2.05) is 20.0 Å². The van der Waals surface area contributed by atoms with Gasteiger partial charge in [-0.05, 0) is 46.1 Å². The van der Waals surface area contributed by atoms with Crippen molar-refractivity contribution in [3.63, 3.8) is 0 Å². The number of pyridine rings is 1. The summed E-state index contributed by atoms with van der Waals surface area (Å²) in [4.78, 5) is 17.4. The number of hydrogen-bond acceptors (Lipinski definition) is 5. The number of aromatic nitrogens is 4. The van der Waals surface area contributed by atoms with Gasteiger partial charge in [0.2, 0.25) is 5.82 Å². The Hall–Kier alpha value is -2.74. The van der Waals surface area contributed by atoms with Crippen molar-refractivity contribution in [1.29, 1.82) is 0 Å². The summed E-state index contributed by atoms with van der Waals surface area (Å²) in [5, 5.41) is 4.17. The maximum Gasteiger partial charge on any atom is 0.208 e. The van der Waals surface area contributed by atoms with Crippen LogP contribution in [0.15, 0.2) is 24.7 Å². The monoisotopic (exact) mass is 426 g/mol. The van der Waals surface area contributed by atoms with E-state index >= 15 is 4.39 Å². The summed E-state index contributed by atoms with van der Waals surface area (Å²) in [6, 6.07) is 1.66. The van der Waals surface area contributed by atoms with Crippen LogP contribution in [0.3, 0.4) is 0 Å². The van der Waals surface area contributed by atoms with Gasteiger partial charge in [0.1, 0.15) is 5.69 Å². The van der Waals surface area contributed by atoms with E-state index in [0.29, 0.717) is 17.9 Å². The van der Waals surface area contributed by atoms with Crippen LogP contribution in [0.5, 0.6) is 5.75 Å². The molecule has 0 radical (unpaired) electrons. The third-order valence-electron chi connectivity index (χ3n) is 6.50. The largest absolute Gasteiger partial charge is 0.487 e. The Kier molecular flexibility index (Phi) is 4.48. The molecule has 1 saturated carbocycles. The van der Waals surface area contributed by atoms with Crippen molar-refractivity contribution in [2.45, 2.75) is 63.6 Å². The Labute approximate surface area is 180 Å². The summed E-state index contributed by atoms with van der Waals surface area (Å²) in [6.07, 6.45) is 7.96. The first-order chi connectivity index (χ1) is 14.7. The molecule has 4 heterocycles. The number of rotatable bonds is 6. The molecular formula is C23H27FN4O3. The third kappa shape index (κ3) is 3.33. The van der Waals surface area contributed by atoms with Crippen LogP contribution in [0.4, 0.5) is 4.39 Å². The van der Waals surface area contributed by atoms with E-state index in [4.69, 9.17) is 9.47 Å². The predicted octanol–water partition coefficient (Wildman–Crippen LogP) is 3.63. The first kappa shape index (κ1) is 20.2. The highest BCUT2D eigenvalue weighted by atomic mass is 19.1. The second kappa shape index (κ2) is 6.88. The first-order valence-electron chi connectivity index (χ1n) is 10.7. The molecule has 3 aromatic rings. The minimum absolute atomic E-state index is 0.00817. The highest BCUT2D eigenvalue weighted by Gasteiger charge is 2.55. The molecule has 31 heavy (non-hydrogen) atoms. The zero-order chi connectivity index (χ0) is 22.0. The van der Waals surface area contributed by atoms with Gasteiger partial charge in [-0.2, -0.15) is 9.49 Å². The molecular weight excluding hydrogens is 399 g/mol. The van der Waals surface area contributed by atoms with Crippen molar-refractivity contribution in [3.8, 4) is 5.75 Å². The molecule has 0 aromatic carbocycles. The number of ether oxygens (including phenoxy) is 2. The van der Waals surface area contributed by atoms with Gasteiger partial charge in [-0.25, -0.2) is 4.98 Å². The predicted molar refractivity (Wildman–Crippen MR) is 112 cm³/mol. The Morgan fingerprint density at radius 1 is 1.35 bits per heavy atom. The number of halogens is 1. The number of fused-ring (bicyclic) bond motifs is 3. The number of carbonyl (C=O) groups excluding carboxylic acids is 1. The molecule has 5 rings (SSSR count). The summed E-state index contributed by atoms with van der Waals surface area (Å²) in [5.74, 6) is -0.648. The normalized spacial score (nSPS) is 25.1. The number of hydrogen-bond donors (Lipinski definition) is 0. The standard InChI is InChI=1S/C23H27FN4O3/c1-14(2)31-20-15(9-17(29)16-5-8-27(4)26-16)10-28-11-18(25-21(28)19(20)24)23-7-6-22(3,12-23)30-13-23/h5,8,10-11,14H,6-7,9,12-13H2,1-4H3. The lowest BCUT2D eigenvalue weighted by molar-refractivity contribution is -0.00627. The Morgan fingerprint density at radius 3 is 2.74 bits per heavy atom. The zero-order valence-corrected chi connectivity index (χ0v) is 18.3. The van der Waals surface area contributed by atoms with Gasteiger partial charge in [-0.1, -0.05) is 0 Å². The molecule has 7 nitrogen and oxygen atoms in total. The second-order valence-corrected chi connectivity index (χ2v) is 9.49. The van der Waals surface area contributed by atoms with Crippen LogP contribution in [0.2, 0.25) is 0 Å². The smallest absolute Gasteiger partial charge is 0.208 e. The van der Waals surface area contributed by atoms with E-state index in [-0.39, 0.29) is 40.7 Å². The number of aryl methyl sites for hydroxylation is 1. The molecule has 0 amide bonds. The number of imidazole rings is 1. The van der Waals surface area contributed by atoms with Crippen molar-refractivity contribution < 1.29 is 18.7 Å². The summed E-state index contributed by atoms with van der Waals surface area (Å²) in [7, 11) is 1.75. The lowest BCUT2D eigenvalue weighted by atomic mass is 9.84. The topological polar surface area (TPSA) is 70.7 Å². The Bertz CT molecular complexity index is 1170. The molecule has 2 bridgehead atoms. The molecule has 3 aromatic heterocycles. The zero-order valence-electron chi connectivity index (χ0n) is 18.3. The van der Waals surface area contributed by atoms with Gasteiger partial charge < -0.3 is 13.9 Å². The van der Waals surface area contributed by atoms with Crippen molar-refractivity contribution >= 4 is 11.4 Å². The number of ketones is 1. The van der Waals surface area contributed by atoms with Crippen LogP contribution < -0.4 is 4.74 Å². The highest BCUT2D eigenvalue weighted by Crippen LogP contribution is 2.53. The van der Waals surface area contributed by atoms with Gasteiger partial charge in [0.15, 0.2) is 17.2 Å². The van der Waals surface area contributed by atoms with E-state index in [1.54, 1.807) is 34.6 Å². The van der Waals surface area contributed by atoms with Crippen LogP contribution in [-0.2, 0) is 23.6 Å². The van der Waals surface area contributed by atoms with Crippen LogP contribution in [0, 0.1) is 5.82 Å². The first-order valence-corrected chi connectivity index (χ1v) is 10.7. The molecule has 8 heteroatoms. The molecule has 1 aliphatic carbocycles. The maximum atomic E-state index is 15.6. The Morgan fingerprint density at radius 2 is 2.16 bits per heavy atom. The van der Waals surface area contributed by atoms with Crippen LogP contribution in [-0.4, -0.2) is 43.3 Å². The van der Waals surface area contributed by atoms with E-state index < -0.39 is 5.82 Å². The van der Waals surface area contributed by atoms with E-state index in [9.17, 15) is 4.79 Å². The van der Waals surface area contributed by atoms with Gasteiger partial charge in [-0.15, -0.1) is 0 Å². The summed E-state index contributed by atoms with van der Waals surface area (Å²) < 4.78 is 30.7. The summed E-state index contributed by atoms with van der Waals surface area (Å²) in [6.45, 7) is 6.40. The van der Waals surface area contributed by atoms with Crippen molar-refractivity contribution in [2.24, 2.45) is 7.05 Å². The fraction of sp³-hybridized carbons (Fsp3) is 0.522. The third-order valence-corrected chi connectivity index (χ3v) is 6.50.